The van der Waals surface area contributed by atoms with E-state index in [2.05, 4.69) is 38.0 Å². The van der Waals surface area contributed by atoms with E-state index in [9.17, 15) is 23.5 Å². The molecule has 184 valence electrons. The van der Waals surface area contributed by atoms with Gasteiger partial charge in [-0.15, -0.1) is 0 Å². The maximum absolute atomic E-state index is 14.3. The van der Waals surface area contributed by atoms with Gasteiger partial charge in [0.05, 0.1) is 6.61 Å². The van der Waals surface area contributed by atoms with Crippen LogP contribution in [0.3, 0.4) is 0 Å². The second-order valence-corrected chi connectivity index (χ2v) is 10.3. The Kier molecular flexibility index (Phi) is 5.90. The third kappa shape index (κ3) is 4.03. The van der Waals surface area contributed by atoms with Crippen LogP contribution >= 0.6 is 0 Å². The number of nitrogens with one attached hydrogen (secondary N) is 1. The van der Waals surface area contributed by atoms with Crippen LogP contribution in [0.5, 0.6) is 0 Å². The van der Waals surface area contributed by atoms with Gasteiger partial charge < -0.3 is 20.3 Å². The minimum absolute atomic E-state index is 0.00108. The molecule has 2 aromatic rings. The summed E-state index contributed by atoms with van der Waals surface area (Å²) in [4.78, 5) is 29.0. The first kappa shape index (κ1) is 24.4. The van der Waals surface area contributed by atoms with Gasteiger partial charge in [-0.3, -0.25) is 9.36 Å². The monoisotopic (exact) mass is 477 g/mol. The van der Waals surface area contributed by atoms with Crippen molar-refractivity contribution in [3.8, 4) is 0 Å². The average Bonchev–Trinajstić information content (AvgIpc) is 3.00. The largest absolute Gasteiger partial charge is 0.394 e. The van der Waals surface area contributed by atoms with Gasteiger partial charge in [0.1, 0.15) is 11.9 Å². The first-order chi connectivity index (χ1) is 15.8. The van der Waals surface area contributed by atoms with Crippen molar-refractivity contribution in [3.63, 3.8) is 0 Å². The van der Waals surface area contributed by atoms with Crippen LogP contribution in [-0.4, -0.2) is 50.4 Å². The van der Waals surface area contributed by atoms with Gasteiger partial charge in [-0.25, -0.2) is 4.79 Å². The summed E-state index contributed by atoms with van der Waals surface area (Å²) in [7, 11) is 0. The molecular formula is C24H29F2N3O5. The van der Waals surface area contributed by atoms with Crippen molar-refractivity contribution in [1.82, 2.24) is 9.55 Å². The zero-order valence-corrected chi connectivity index (χ0v) is 19.5. The number of aliphatic hydroxyl groups excluding tert-OH is 2. The number of fused-ring (bicyclic) bond motifs is 1. The van der Waals surface area contributed by atoms with E-state index in [1.165, 1.54) is 11.6 Å². The second-order valence-electron chi connectivity index (χ2n) is 10.3. The predicted octanol–water partition coefficient (Wildman–Crippen LogP) is 2.73. The highest BCUT2D eigenvalue weighted by Crippen LogP contribution is 2.46. The number of carbonyl (C=O) groups is 1. The number of aliphatic hydroxyl groups is 2. The Morgan fingerprint density at radius 2 is 1.82 bits per heavy atom. The van der Waals surface area contributed by atoms with E-state index in [0.29, 0.717) is 10.1 Å². The van der Waals surface area contributed by atoms with Gasteiger partial charge in [0, 0.05) is 11.8 Å². The van der Waals surface area contributed by atoms with Gasteiger partial charge in [0.25, 0.3) is 5.91 Å². The molecule has 3 N–H and O–H groups in total. The summed E-state index contributed by atoms with van der Waals surface area (Å²) in [5.41, 5.74) is 1.50. The Morgan fingerprint density at radius 3 is 2.41 bits per heavy atom. The van der Waals surface area contributed by atoms with Crippen LogP contribution in [-0.2, 0) is 15.6 Å². The molecule has 0 bridgehead atoms. The summed E-state index contributed by atoms with van der Waals surface area (Å²) < 4.78 is 34.2. The van der Waals surface area contributed by atoms with Gasteiger partial charge >= 0.3 is 11.6 Å². The lowest BCUT2D eigenvalue weighted by atomic mass is 9.63. The number of halogens is 2. The fourth-order valence-electron chi connectivity index (χ4n) is 4.70. The van der Waals surface area contributed by atoms with E-state index in [1.54, 1.807) is 6.07 Å². The molecule has 1 unspecified atom stereocenters. The lowest BCUT2D eigenvalue weighted by Gasteiger charge is -2.42. The van der Waals surface area contributed by atoms with Crippen molar-refractivity contribution in [2.24, 2.45) is 0 Å². The molecule has 10 heteroatoms. The molecule has 0 spiro atoms. The molecule has 2 aliphatic rings. The van der Waals surface area contributed by atoms with Crippen LogP contribution in [0, 0.1) is 0 Å². The van der Waals surface area contributed by atoms with Crippen LogP contribution in [0.4, 0.5) is 14.6 Å². The van der Waals surface area contributed by atoms with Gasteiger partial charge in [-0.1, -0.05) is 33.8 Å². The highest BCUT2D eigenvalue weighted by Gasteiger charge is 2.59. The summed E-state index contributed by atoms with van der Waals surface area (Å²) in [6.45, 7) is 7.81. The van der Waals surface area contributed by atoms with Gasteiger partial charge in [0.2, 0.25) is 6.23 Å². The number of rotatable bonds is 4. The quantitative estimate of drug-likeness (QED) is 0.624. The van der Waals surface area contributed by atoms with Crippen LogP contribution in [0.1, 0.15) is 68.2 Å². The lowest BCUT2D eigenvalue weighted by molar-refractivity contribution is -0.140. The molecule has 1 aliphatic heterocycles. The van der Waals surface area contributed by atoms with Crippen molar-refractivity contribution in [3.05, 3.63) is 57.6 Å². The van der Waals surface area contributed by atoms with Crippen molar-refractivity contribution >= 4 is 11.7 Å². The molecular weight excluding hydrogens is 448 g/mol. The van der Waals surface area contributed by atoms with Gasteiger partial charge in [-0.05, 0) is 53.0 Å². The van der Waals surface area contributed by atoms with Crippen molar-refractivity contribution in [2.45, 2.75) is 75.7 Å². The van der Waals surface area contributed by atoms with Crippen LogP contribution < -0.4 is 11.0 Å². The average molecular weight is 478 g/mol. The van der Waals surface area contributed by atoms with Crippen LogP contribution in [0.25, 0.3) is 0 Å². The number of carbonyl (C=O) groups excluding carboxylic acids is 1. The summed E-state index contributed by atoms with van der Waals surface area (Å²) >= 11 is 0. The van der Waals surface area contributed by atoms with Crippen LogP contribution in [0.15, 0.2) is 35.3 Å². The highest BCUT2D eigenvalue weighted by atomic mass is 19.3. The molecule has 1 aromatic carbocycles. The van der Waals surface area contributed by atoms with E-state index in [-0.39, 0.29) is 16.6 Å². The summed E-state index contributed by atoms with van der Waals surface area (Å²) in [5.74, 6) is -4.40. The minimum atomic E-state index is -3.81. The van der Waals surface area contributed by atoms with E-state index < -0.39 is 42.6 Å². The molecule has 1 fully saturated rings. The highest BCUT2D eigenvalue weighted by molar-refractivity contribution is 6.04. The molecule has 1 aromatic heterocycles. The zero-order chi connectivity index (χ0) is 25.1. The second kappa shape index (κ2) is 8.21. The topological polar surface area (TPSA) is 114 Å². The summed E-state index contributed by atoms with van der Waals surface area (Å²) in [6.07, 6.45) is -2.91. The molecule has 1 aliphatic carbocycles. The number of amides is 1. The Morgan fingerprint density at radius 1 is 1.18 bits per heavy atom. The first-order valence-electron chi connectivity index (χ1n) is 11.2. The summed E-state index contributed by atoms with van der Waals surface area (Å²) in [6, 6.07) is 6.74. The number of aromatic nitrogens is 2. The Balaban J connectivity index is 1.57. The van der Waals surface area contributed by atoms with Crippen LogP contribution in [0.2, 0.25) is 0 Å². The van der Waals surface area contributed by atoms with Crippen molar-refractivity contribution < 1.29 is 28.5 Å². The third-order valence-electron chi connectivity index (χ3n) is 7.00. The number of nitrogens with zero attached hydrogens (tertiary/aromatic N) is 2. The van der Waals surface area contributed by atoms with Crippen molar-refractivity contribution in [1.29, 1.82) is 0 Å². The van der Waals surface area contributed by atoms with E-state index in [4.69, 9.17) is 9.84 Å². The third-order valence-corrected chi connectivity index (χ3v) is 7.00. The molecule has 1 saturated heterocycles. The summed E-state index contributed by atoms with van der Waals surface area (Å²) in [5, 5.41) is 21.3. The van der Waals surface area contributed by atoms with Gasteiger partial charge in [0.15, 0.2) is 6.10 Å². The molecule has 0 saturated carbocycles. The van der Waals surface area contributed by atoms with Crippen molar-refractivity contribution in [2.75, 3.05) is 11.9 Å². The smallest absolute Gasteiger partial charge is 0.351 e. The number of hydrogen-bond acceptors (Lipinski definition) is 6. The number of anilines is 1. The number of ether oxygens (including phenoxy) is 1. The minimum Gasteiger partial charge on any atom is -0.394 e. The van der Waals surface area contributed by atoms with Gasteiger partial charge in [-0.2, -0.15) is 13.8 Å². The molecule has 2 heterocycles. The maximum Gasteiger partial charge on any atom is 0.351 e. The SMILES string of the molecule is CC1(C)CCC(C)(C)c2cc(C(=O)Nc3ccn(C4O[C@H](CO)[C@@H](O)C4(F)F)c(=O)n3)ccc21. The number of alkyl halides is 2. The Labute approximate surface area is 195 Å². The number of benzene rings is 1. The zero-order valence-electron chi connectivity index (χ0n) is 19.5. The molecule has 34 heavy (non-hydrogen) atoms. The molecule has 4 rings (SSSR count). The molecule has 0 radical (unpaired) electrons. The molecule has 1 amide bonds. The molecule has 3 atom stereocenters. The maximum atomic E-state index is 14.3. The van der Waals surface area contributed by atoms with E-state index >= 15 is 0 Å². The first-order valence-corrected chi connectivity index (χ1v) is 11.2. The fourth-order valence-corrected chi connectivity index (χ4v) is 4.70. The standard InChI is InChI=1S/C24H29F2N3O5/c1-22(2)8-9-23(3,4)15-11-13(5-6-14(15)22)19(32)27-17-7-10-29(21(33)28-17)20-24(25,26)18(31)16(12-30)34-20/h5-7,10-11,16,18,20,30-31H,8-9,12H2,1-4H3,(H,27,28,32,33)/t16-,18-,20?/m1/s1. The fraction of sp³-hybridized carbons (Fsp3) is 0.542. The molecule has 8 nitrogen and oxygen atoms in total. The van der Waals surface area contributed by atoms with E-state index in [1.807, 2.05) is 12.1 Å². The lowest BCUT2D eigenvalue weighted by Crippen LogP contribution is -2.41. The Bertz CT molecular complexity index is 1180. The number of hydrogen-bond donors (Lipinski definition) is 3. The normalized spacial score (nSPS) is 26.6. The predicted molar refractivity (Wildman–Crippen MR) is 120 cm³/mol. The Hall–Kier alpha value is -2.69. The van der Waals surface area contributed by atoms with E-state index in [0.717, 1.165) is 24.6 Å².